The van der Waals surface area contributed by atoms with Crippen LogP contribution in [0.25, 0.3) is 16.6 Å². The van der Waals surface area contributed by atoms with E-state index in [1.54, 1.807) is 0 Å². The first-order chi connectivity index (χ1) is 13.3. The van der Waals surface area contributed by atoms with E-state index in [9.17, 15) is 9.59 Å². The van der Waals surface area contributed by atoms with Gasteiger partial charge >= 0.3 is 5.97 Å². The van der Waals surface area contributed by atoms with E-state index in [1.807, 2.05) is 56.5 Å². The van der Waals surface area contributed by atoms with Crippen molar-refractivity contribution in [3.63, 3.8) is 0 Å². The molecule has 0 unspecified atom stereocenters. The molecule has 0 spiro atoms. The van der Waals surface area contributed by atoms with Gasteiger partial charge in [0.15, 0.2) is 5.65 Å². The molecule has 1 atom stereocenters. The number of rotatable bonds is 6. The van der Waals surface area contributed by atoms with Crippen LogP contribution in [0.15, 0.2) is 24.3 Å². The van der Waals surface area contributed by atoms with E-state index in [0.29, 0.717) is 6.42 Å². The van der Waals surface area contributed by atoms with Gasteiger partial charge in [0, 0.05) is 23.2 Å². The number of aromatic nitrogens is 3. The van der Waals surface area contributed by atoms with Crippen LogP contribution in [0.2, 0.25) is 0 Å². The lowest BCUT2D eigenvalue weighted by Crippen LogP contribution is -2.45. The molecule has 2 heterocycles. The smallest absolute Gasteiger partial charge is 0.328 e. The van der Waals surface area contributed by atoms with E-state index in [1.165, 1.54) is 7.11 Å². The highest BCUT2D eigenvalue weighted by atomic mass is 16.5. The quantitative estimate of drug-likeness (QED) is 0.663. The summed E-state index contributed by atoms with van der Waals surface area (Å²) in [5.41, 5.74) is 4.57. The molecule has 0 bridgehead atoms. The average molecular weight is 382 g/mol. The van der Waals surface area contributed by atoms with Crippen molar-refractivity contribution in [3.8, 4) is 0 Å². The van der Waals surface area contributed by atoms with Gasteiger partial charge in [-0.15, -0.1) is 0 Å². The second-order valence-electron chi connectivity index (χ2n) is 7.33. The number of carbonyl (C=O) groups excluding carboxylic acids is 2. The molecule has 3 rings (SSSR count). The molecular formula is C21H26N4O3. The molecule has 3 aromatic rings. The topological polar surface area (TPSA) is 85.6 Å². The lowest BCUT2D eigenvalue weighted by Gasteiger charge is -2.20. The van der Waals surface area contributed by atoms with E-state index in [4.69, 9.17) is 9.72 Å². The highest BCUT2D eigenvalue weighted by molar-refractivity contribution is 5.92. The third-order valence-electron chi connectivity index (χ3n) is 5.06. The van der Waals surface area contributed by atoms with Gasteiger partial charge in [-0.25, -0.2) is 14.3 Å². The molecule has 7 heteroatoms. The Bertz CT molecular complexity index is 1040. The number of hydrogen-bond donors (Lipinski definition) is 1. The Labute approximate surface area is 164 Å². The number of methoxy groups -OCH3 is 1. The maximum absolute atomic E-state index is 12.4. The van der Waals surface area contributed by atoms with Crippen molar-refractivity contribution in [2.24, 2.45) is 5.92 Å². The summed E-state index contributed by atoms with van der Waals surface area (Å²) >= 11 is 0. The Morgan fingerprint density at radius 1 is 1.21 bits per heavy atom. The van der Waals surface area contributed by atoms with Crippen molar-refractivity contribution < 1.29 is 14.3 Å². The fourth-order valence-electron chi connectivity index (χ4n) is 3.45. The maximum Gasteiger partial charge on any atom is 0.328 e. The first-order valence-corrected chi connectivity index (χ1v) is 9.44. The van der Waals surface area contributed by atoms with E-state index in [0.717, 1.165) is 33.5 Å². The van der Waals surface area contributed by atoms with Gasteiger partial charge < -0.3 is 10.1 Å². The lowest BCUT2D eigenvalue weighted by atomic mass is 10.0. The summed E-state index contributed by atoms with van der Waals surface area (Å²) in [5, 5.41) is 8.43. The molecule has 0 radical (unpaired) electrons. The van der Waals surface area contributed by atoms with Gasteiger partial charge in [0.25, 0.3) is 0 Å². The van der Waals surface area contributed by atoms with Crippen LogP contribution in [0.1, 0.15) is 37.2 Å². The van der Waals surface area contributed by atoms with Crippen molar-refractivity contribution >= 4 is 28.4 Å². The zero-order chi connectivity index (χ0) is 20.4. The summed E-state index contributed by atoms with van der Waals surface area (Å²) in [6.07, 6.45) is 0.782. The predicted octanol–water partition coefficient (Wildman–Crippen LogP) is 2.75. The van der Waals surface area contributed by atoms with Gasteiger partial charge in [-0.1, -0.05) is 26.0 Å². The van der Waals surface area contributed by atoms with Crippen molar-refractivity contribution in [2.45, 2.75) is 46.6 Å². The Morgan fingerprint density at radius 3 is 2.61 bits per heavy atom. The highest BCUT2D eigenvalue weighted by Gasteiger charge is 2.25. The number of ether oxygens (including phenoxy) is 1. The van der Waals surface area contributed by atoms with E-state index >= 15 is 0 Å². The molecule has 1 aromatic carbocycles. The standard InChI is InChI=1S/C21H26N4O3/c1-12(2)19(21(27)28-5)23-18(26)11-10-15-13(3)22-20-16-8-6-7-9-17(16)24-25(20)14(15)4/h6-9,12,19H,10-11H2,1-5H3,(H,23,26)/t19-/m0/s1. The molecule has 7 nitrogen and oxygen atoms in total. The first kappa shape index (κ1) is 19.8. The van der Waals surface area contributed by atoms with Crippen LogP contribution < -0.4 is 5.32 Å². The molecule has 148 valence electrons. The van der Waals surface area contributed by atoms with Gasteiger partial charge in [-0.05, 0) is 43.9 Å². The lowest BCUT2D eigenvalue weighted by molar-refractivity contribution is -0.146. The van der Waals surface area contributed by atoms with Crippen LogP contribution >= 0.6 is 0 Å². The summed E-state index contributed by atoms with van der Waals surface area (Å²) in [6, 6.07) is 7.26. The minimum Gasteiger partial charge on any atom is -0.467 e. The summed E-state index contributed by atoms with van der Waals surface area (Å²) in [5.74, 6) is -0.662. The molecule has 28 heavy (non-hydrogen) atoms. The Balaban J connectivity index is 1.81. The maximum atomic E-state index is 12.4. The number of aryl methyl sites for hydroxylation is 2. The molecule has 0 aliphatic rings. The largest absolute Gasteiger partial charge is 0.467 e. The number of carbonyl (C=O) groups is 2. The van der Waals surface area contributed by atoms with Gasteiger partial charge in [0.1, 0.15) is 6.04 Å². The second-order valence-corrected chi connectivity index (χ2v) is 7.33. The molecule has 1 amide bonds. The van der Waals surface area contributed by atoms with Crippen molar-refractivity contribution in [1.82, 2.24) is 19.9 Å². The molecule has 2 aromatic heterocycles. The Hall–Kier alpha value is -2.96. The fraction of sp³-hybridized carbons (Fsp3) is 0.429. The fourth-order valence-corrected chi connectivity index (χ4v) is 3.45. The van der Waals surface area contributed by atoms with Crippen molar-refractivity contribution in [2.75, 3.05) is 7.11 Å². The van der Waals surface area contributed by atoms with Crippen LogP contribution in [0.4, 0.5) is 0 Å². The van der Waals surface area contributed by atoms with Crippen molar-refractivity contribution in [1.29, 1.82) is 0 Å². The van der Waals surface area contributed by atoms with E-state index in [2.05, 4.69) is 10.4 Å². The molecule has 0 aliphatic carbocycles. The van der Waals surface area contributed by atoms with Gasteiger partial charge in [-0.3, -0.25) is 4.79 Å². The highest BCUT2D eigenvalue weighted by Crippen LogP contribution is 2.23. The van der Waals surface area contributed by atoms with E-state index in [-0.39, 0.29) is 18.2 Å². The zero-order valence-corrected chi connectivity index (χ0v) is 16.9. The predicted molar refractivity (Wildman–Crippen MR) is 107 cm³/mol. The van der Waals surface area contributed by atoms with Gasteiger partial charge in [0.2, 0.25) is 5.91 Å². The second kappa shape index (κ2) is 7.96. The zero-order valence-electron chi connectivity index (χ0n) is 16.9. The van der Waals surface area contributed by atoms with Gasteiger partial charge in [-0.2, -0.15) is 5.10 Å². The molecule has 0 aliphatic heterocycles. The number of amides is 1. The minimum absolute atomic E-state index is 0.0469. The van der Waals surface area contributed by atoms with Crippen LogP contribution in [0.5, 0.6) is 0 Å². The van der Waals surface area contributed by atoms with E-state index < -0.39 is 12.0 Å². The number of fused-ring (bicyclic) bond motifs is 3. The SMILES string of the molecule is COC(=O)[C@@H](NC(=O)CCc1c(C)nc2c3ccccc3nn2c1C)C(C)C. The number of nitrogens with zero attached hydrogens (tertiary/aromatic N) is 3. The average Bonchev–Trinajstić information content (AvgIpc) is 3.04. The van der Waals surface area contributed by atoms with Gasteiger partial charge in [0.05, 0.1) is 12.6 Å². The minimum atomic E-state index is -0.642. The normalized spacial score (nSPS) is 12.5. The molecular weight excluding hydrogens is 356 g/mol. The number of nitrogens with one attached hydrogen (secondary N) is 1. The van der Waals surface area contributed by atoms with Crippen LogP contribution in [0, 0.1) is 19.8 Å². The Kier molecular flexibility index (Phi) is 5.63. The first-order valence-electron chi connectivity index (χ1n) is 9.44. The number of hydrogen-bond acceptors (Lipinski definition) is 5. The molecule has 0 saturated carbocycles. The molecule has 0 fully saturated rings. The van der Waals surface area contributed by atoms with Crippen LogP contribution in [-0.4, -0.2) is 39.6 Å². The number of esters is 1. The molecule has 0 saturated heterocycles. The summed E-state index contributed by atoms with van der Waals surface area (Å²) in [4.78, 5) is 29.0. The third kappa shape index (κ3) is 3.69. The summed E-state index contributed by atoms with van der Waals surface area (Å²) in [6.45, 7) is 7.69. The number of benzene rings is 1. The van der Waals surface area contributed by atoms with Crippen LogP contribution in [-0.2, 0) is 20.7 Å². The summed E-state index contributed by atoms with van der Waals surface area (Å²) in [7, 11) is 1.32. The monoisotopic (exact) mass is 382 g/mol. The molecule has 1 N–H and O–H groups in total. The summed E-state index contributed by atoms with van der Waals surface area (Å²) < 4.78 is 6.62. The Morgan fingerprint density at radius 2 is 1.93 bits per heavy atom. The van der Waals surface area contributed by atoms with Crippen LogP contribution in [0.3, 0.4) is 0 Å². The van der Waals surface area contributed by atoms with Crippen molar-refractivity contribution in [3.05, 3.63) is 41.2 Å². The third-order valence-corrected chi connectivity index (χ3v) is 5.06.